The normalized spacial score (nSPS) is 13.2. The van der Waals surface area contributed by atoms with Crippen molar-refractivity contribution in [2.45, 2.75) is 64.4 Å². The second kappa shape index (κ2) is 9.10. The van der Waals surface area contributed by atoms with E-state index in [1.54, 1.807) is 12.1 Å². The lowest BCUT2D eigenvalue weighted by Crippen LogP contribution is -2.37. The molecular weight excluding hydrogens is 398 g/mol. The SMILES string of the molecule is CC[C@H](C)N(Cc1nc(-c2cccc(C)c2)no1)S(=O)(=O)c1ccc(C(C)C)cc1. The Morgan fingerprint density at radius 2 is 1.77 bits per heavy atom. The maximum atomic E-state index is 13.4. The molecule has 160 valence electrons. The lowest BCUT2D eigenvalue weighted by atomic mass is 10.0. The maximum Gasteiger partial charge on any atom is 0.243 e. The van der Waals surface area contributed by atoms with E-state index in [2.05, 4.69) is 24.0 Å². The van der Waals surface area contributed by atoms with Crippen molar-refractivity contribution in [3.05, 3.63) is 65.5 Å². The highest BCUT2D eigenvalue weighted by Crippen LogP contribution is 2.25. The summed E-state index contributed by atoms with van der Waals surface area (Å²) in [5.74, 6) is 1.07. The van der Waals surface area contributed by atoms with Gasteiger partial charge >= 0.3 is 0 Å². The summed E-state index contributed by atoms with van der Waals surface area (Å²) in [6.07, 6.45) is 0.669. The van der Waals surface area contributed by atoms with Crippen LogP contribution in [0.5, 0.6) is 0 Å². The van der Waals surface area contributed by atoms with Gasteiger partial charge in [-0.15, -0.1) is 0 Å². The highest BCUT2D eigenvalue weighted by Gasteiger charge is 2.30. The first-order valence-electron chi connectivity index (χ1n) is 10.2. The van der Waals surface area contributed by atoms with Crippen LogP contribution in [0.15, 0.2) is 57.9 Å². The maximum absolute atomic E-state index is 13.4. The minimum Gasteiger partial charge on any atom is -0.338 e. The summed E-state index contributed by atoms with van der Waals surface area (Å²) in [5, 5.41) is 4.04. The average Bonchev–Trinajstić information content (AvgIpc) is 3.20. The van der Waals surface area contributed by atoms with Crippen LogP contribution in [0.1, 0.15) is 57.1 Å². The molecule has 0 aliphatic rings. The molecule has 0 fully saturated rings. The Balaban J connectivity index is 1.89. The van der Waals surface area contributed by atoms with E-state index < -0.39 is 10.0 Å². The van der Waals surface area contributed by atoms with Crippen LogP contribution in [0, 0.1) is 6.92 Å². The van der Waals surface area contributed by atoms with Crippen molar-refractivity contribution in [2.24, 2.45) is 0 Å². The first kappa shape index (κ1) is 22.2. The summed E-state index contributed by atoms with van der Waals surface area (Å²) in [7, 11) is -3.71. The van der Waals surface area contributed by atoms with E-state index in [1.807, 2.05) is 57.2 Å². The van der Waals surface area contributed by atoms with Crippen LogP contribution < -0.4 is 0 Å². The zero-order valence-corrected chi connectivity index (χ0v) is 19.0. The Kier molecular flexibility index (Phi) is 6.73. The minimum atomic E-state index is -3.71. The molecule has 0 unspecified atom stereocenters. The predicted molar refractivity (Wildman–Crippen MR) is 117 cm³/mol. The lowest BCUT2D eigenvalue weighted by molar-refractivity contribution is 0.273. The van der Waals surface area contributed by atoms with Crippen molar-refractivity contribution in [1.29, 1.82) is 0 Å². The summed E-state index contributed by atoms with van der Waals surface area (Å²) in [6, 6.07) is 14.7. The van der Waals surface area contributed by atoms with Gasteiger partial charge in [0.25, 0.3) is 0 Å². The molecule has 1 aromatic heterocycles. The molecule has 3 aromatic rings. The van der Waals surface area contributed by atoms with E-state index in [1.165, 1.54) is 4.31 Å². The van der Waals surface area contributed by atoms with E-state index in [0.29, 0.717) is 18.2 Å². The van der Waals surface area contributed by atoms with Crippen molar-refractivity contribution in [2.75, 3.05) is 0 Å². The summed E-state index contributed by atoms with van der Waals surface area (Å²) in [4.78, 5) is 4.71. The first-order valence-corrected chi connectivity index (χ1v) is 11.7. The fourth-order valence-corrected chi connectivity index (χ4v) is 4.85. The molecule has 0 bridgehead atoms. The molecule has 2 aromatic carbocycles. The Hall–Kier alpha value is -2.51. The molecule has 0 aliphatic carbocycles. The van der Waals surface area contributed by atoms with Gasteiger partial charge < -0.3 is 4.52 Å². The fraction of sp³-hybridized carbons (Fsp3) is 0.391. The third kappa shape index (κ3) is 4.79. The molecule has 0 saturated heterocycles. The van der Waals surface area contributed by atoms with E-state index in [0.717, 1.165) is 16.7 Å². The molecule has 1 heterocycles. The largest absolute Gasteiger partial charge is 0.338 e. The molecular formula is C23H29N3O3S. The molecule has 0 saturated carbocycles. The standard InChI is InChI=1S/C23H29N3O3S/c1-6-18(5)26(30(27,28)21-12-10-19(11-13-21)16(2)3)15-22-24-23(25-29-22)20-9-7-8-17(4)14-20/h7-14,16,18H,6,15H2,1-5H3/t18-/m0/s1. The molecule has 1 atom stereocenters. The molecule has 0 radical (unpaired) electrons. The van der Waals surface area contributed by atoms with E-state index >= 15 is 0 Å². The summed E-state index contributed by atoms with van der Waals surface area (Å²) >= 11 is 0. The topological polar surface area (TPSA) is 76.3 Å². The van der Waals surface area contributed by atoms with Gasteiger partial charge in [0.15, 0.2) is 0 Å². The third-order valence-corrected chi connectivity index (χ3v) is 7.25. The van der Waals surface area contributed by atoms with Crippen molar-refractivity contribution in [3.8, 4) is 11.4 Å². The Morgan fingerprint density at radius 1 is 1.07 bits per heavy atom. The molecule has 30 heavy (non-hydrogen) atoms. The van der Waals surface area contributed by atoms with Crippen LogP contribution in [0.3, 0.4) is 0 Å². The Labute approximate surface area is 179 Å². The van der Waals surface area contributed by atoms with Gasteiger partial charge in [0.2, 0.25) is 21.7 Å². The molecule has 0 N–H and O–H groups in total. The quantitative estimate of drug-likeness (QED) is 0.496. The molecule has 0 spiro atoms. The monoisotopic (exact) mass is 427 g/mol. The van der Waals surface area contributed by atoms with Crippen LogP contribution in [-0.2, 0) is 16.6 Å². The van der Waals surface area contributed by atoms with Gasteiger partial charge in [0, 0.05) is 11.6 Å². The van der Waals surface area contributed by atoms with Gasteiger partial charge in [-0.1, -0.05) is 61.8 Å². The number of aryl methyl sites for hydroxylation is 1. The van der Waals surface area contributed by atoms with Gasteiger partial charge in [-0.05, 0) is 49.9 Å². The average molecular weight is 428 g/mol. The Bertz CT molecular complexity index is 1090. The number of aromatic nitrogens is 2. The van der Waals surface area contributed by atoms with Gasteiger partial charge in [-0.3, -0.25) is 0 Å². The van der Waals surface area contributed by atoms with Crippen molar-refractivity contribution in [3.63, 3.8) is 0 Å². The first-order chi connectivity index (χ1) is 14.2. The molecule has 7 heteroatoms. The van der Waals surface area contributed by atoms with Crippen LogP contribution in [0.2, 0.25) is 0 Å². The zero-order chi connectivity index (χ0) is 21.9. The van der Waals surface area contributed by atoms with E-state index in [4.69, 9.17) is 4.52 Å². The predicted octanol–water partition coefficient (Wildman–Crippen LogP) is 5.16. The number of nitrogens with zero attached hydrogens (tertiary/aromatic N) is 3. The summed E-state index contributed by atoms with van der Waals surface area (Å²) < 4.78 is 33.6. The molecule has 0 aliphatic heterocycles. The minimum absolute atomic E-state index is 0.0298. The molecule has 0 amide bonds. The zero-order valence-electron chi connectivity index (χ0n) is 18.2. The fourth-order valence-electron chi connectivity index (χ4n) is 3.20. The van der Waals surface area contributed by atoms with Crippen LogP contribution in [-0.4, -0.2) is 28.9 Å². The van der Waals surface area contributed by atoms with Gasteiger partial charge in [0.05, 0.1) is 11.4 Å². The van der Waals surface area contributed by atoms with E-state index in [-0.39, 0.29) is 23.4 Å². The summed E-state index contributed by atoms with van der Waals surface area (Å²) in [5.41, 5.74) is 3.03. The third-order valence-electron chi connectivity index (χ3n) is 5.27. The van der Waals surface area contributed by atoms with Gasteiger partial charge in [-0.25, -0.2) is 8.42 Å². The van der Waals surface area contributed by atoms with Gasteiger partial charge in [0.1, 0.15) is 0 Å². The number of benzene rings is 2. The second-order valence-electron chi connectivity index (χ2n) is 7.91. The van der Waals surface area contributed by atoms with Crippen molar-refractivity contribution >= 4 is 10.0 Å². The number of hydrogen-bond acceptors (Lipinski definition) is 5. The number of rotatable bonds is 8. The lowest BCUT2D eigenvalue weighted by Gasteiger charge is -2.26. The highest BCUT2D eigenvalue weighted by atomic mass is 32.2. The van der Waals surface area contributed by atoms with Gasteiger partial charge in [-0.2, -0.15) is 9.29 Å². The number of sulfonamides is 1. The van der Waals surface area contributed by atoms with Crippen LogP contribution in [0.4, 0.5) is 0 Å². The smallest absolute Gasteiger partial charge is 0.243 e. The Morgan fingerprint density at radius 3 is 2.37 bits per heavy atom. The second-order valence-corrected chi connectivity index (χ2v) is 9.80. The highest BCUT2D eigenvalue weighted by molar-refractivity contribution is 7.89. The molecule has 3 rings (SSSR count). The van der Waals surface area contributed by atoms with Crippen molar-refractivity contribution < 1.29 is 12.9 Å². The van der Waals surface area contributed by atoms with E-state index in [9.17, 15) is 8.42 Å². The summed E-state index contributed by atoms with van der Waals surface area (Å²) in [6.45, 7) is 10.0. The number of hydrogen-bond donors (Lipinski definition) is 0. The van der Waals surface area contributed by atoms with Crippen molar-refractivity contribution in [1.82, 2.24) is 14.4 Å². The van der Waals surface area contributed by atoms with Crippen LogP contribution in [0.25, 0.3) is 11.4 Å². The van der Waals surface area contributed by atoms with Crippen LogP contribution >= 0.6 is 0 Å². The molecule has 6 nitrogen and oxygen atoms in total.